The average molecular weight is 237 g/mol. The standard InChI is InChI=1S/C16H13S/c1-2-6-12-8-5-10-16-14(12)11-13-7-3-4-9-15(13)17-16/h2-5,7-11H,1,6H2. The summed E-state index contributed by atoms with van der Waals surface area (Å²) in [5.74, 6) is 0. The molecule has 1 aliphatic heterocycles. The van der Waals surface area contributed by atoms with Crippen molar-refractivity contribution in [2.75, 3.05) is 0 Å². The molecule has 17 heavy (non-hydrogen) atoms. The van der Waals surface area contributed by atoms with Crippen LogP contribution in [0.3, 0.4) is 0 Å². The van der Waals surface area contributed by atoms with E-state index in [2.05, 4.69) is 55.5 Å². The average Bonchev–Trinajstić information content (AvgIpc) is 2.37. The van der Waals surface area contributed by atoms with E-state index in [1.807, 2.05) is 17.8 Å². The number of hydrogen-bond acceptors (Lipinski definition) is 1. The molecule has 1 aliphatic rings. The summed E-state index contributed by atoms with van der Waals surface area (Å²) in [6.07, 6.45) is 5.19. The quantitative estimate of drug-likeness (QED) is 0.592. The van der Waals surface area contributed by atoms with E-state index in [9.17, 15) is 0 Å². The van der Waals surface area contributed by atoms with Gasteiger partial charge in [0.15, 0.2) is 0 Å². The lowest BCUT2D eigenvalue weighted by Gasteiger charge is -2.20. The van der Waals surface area contributed by atoms with Crippen LogP contribution >= 0.6 is 11.8 Å². The molecule has 83 valence electrons. The molecular weight excluding hydrogens is 224 g/mol. The third kappa shape index (κ3) is 1.91. The summed E-state index contributed by atoms with van der Waals surface area (Å²) in [4.78, 5) is 2.69. The van der Waals surface area contributed by atoms with Crippen LogP contribution in [0.4, 0.5) is 0 Å². The third-order valence-electron chi connectivity index (χ3n) is 2.96. The Morgan fingerprint density at radius 3 is 2.71 bits per heavy atom. The minimum Gasteiger partial charge on any atom is -0.103 e. The normalized spacial score (nSPS) is 12.7. The fourth-order valence-corrected chi connectivity index (χ4v) is 3.22. The first kappa shape index (κ1) is 10.7. The number of fused-ring (bicyclic) bond motifs is 2. The van der Waals surface area contributed by atoms with E-state index < -0.39 is 0 Å². The maximum atomic E-state index is 3.83. The van der Waals surface area contributed by atoms with Crippen molar-refractivity contribution < 1.29 is 0 Å². The van der Waals surface area contributed by atoms with Crippen molar-refractivity contribution in [2.24, 2.45) is 0 Å². The SMILES string of the molecule is C=CCc1cccc2c1[CH]c1ccccc1S2. The number of hydrogen-bond donors (Lipinski definition) is 0. The topological polar surface area (TPSA) is 0 Å². The van der Waals surface area contributed by atoms with E-state index in [-0.39, 0.29) is 0 Å². The van der Waals surface area contributed by atoms with Crippen molar-refractivity contribution in [3.63, 3.8) is 0 Å². The molecule has 0 amide bonds. The third-order valence-corrected chi connectivity index (χ3v) is 4.13. The Hall–Kier alpha value is -1.47. The summed E-state index contributed by atoms with van der Waals surface area (Å²) >= 11 is 1.86. The first-order valence-electron chi connectivity index (χ1n) is 5.73. The minimum absolute atomic E-state index is 0.933. The summed E-state index contributed by atoms with van der Waals surface area (Å²) in [7, 11) is 0. The monoisotopic (exact) mass is 237 g/mol. The molecule has 0 saturated heterocycles. The van der Waals surface area contributed by atoms with Gasteiger partial charge in [0, 0.05) is 16.2 Å². The molecule has 0 nitrogen and oxygen atoms in total. The summed E-state index contributed by atoms with van der Waals surface area (Å²) < 4.78 is 0. The van der Waals surface area contributed by atoms with Gasteiger partial charge >= 0.3 is 0 Å². The molecule has 2 aromatic rings. The Bertz CT molecular complexity index is 569. The van der Waals surface area contributed by atoms with Crippen LogP contribution in [-0.2, 0) is 6.42 Å². The zero-order chi connectivity index (χ0) is 11.7. The van der Waals surface area contributed by atoms with Crippen molar-refractivity contribution in [2.45, 2.75) is 16.2 Å². The second kappa shape index (κ2) is 4.42. The molecule has 0 N–H and O–H groups in total. The molecule has 1 radical (unpaired) electrons. The highest BCUT2D eigenvalue weighted by Crippen LogP contribution is 2.41. The fourth-order valence-electron chi connectivity index (χ4n) is 2.14. The number of allylic oxidation sites excluding steroid dienone is 1. The zero-order valence-electron chi connectivity index (χ0n) is 9.52. The van der Waals surface area contributed by atoms with E-state index in [0.29, 0.717) is 0 Å². The molecule has 0 fully saturated rings. The first-order valence-corrected chi connectivity index (χ1v) is 6.54. The molecule has 0 saturated carbocycles. The van der Waals surface area contributed by atoms with Crippen LogP contribution in [0.5, 0.6) is 0 Å². The van der Waals surface area contributed by atoms with Gasteiger partial charge in [0.2, 0.25) is 0 Å². The Labute approximate surface area is 106 Å². The molecule has 2 aromatic carbocycles. The Morgan fingerprint density at radius 1 is 1.00 bits per heavy atom. The summed E-state index contributed by atoms with van der Waals surface area (Å²) in [6, 6.07) is 15.1. The van der Waals surface area contributed by atoms with Gasteiger partial charge in [0.25, 0.3) is 0 Å². The van der Waals surface area contributed by atoms with Crippen LogP contribution in [0.15, 0.2) is 64.9 Å². The summed E-state index contributed by atoms with van der Waals surface area (Å²) in [6.45, 7) is 3.83. The molecule has 0 spiro atoms. The molecule has 1 heteroatoms. The van der Waals surface area contributed by atoms with Crippen molar-refractivity contribution in [3.8, 4) is 0 Å². The highest BCUT2D eigenvalue weighted by atomic mass is 32.2. The van der Waals surface area contributed by atoms with Crippen molar-refractivity contribution in [3.05, 3.63) is 78.2 Å². The highest BCUT2D eigenvalue weighted by Gasteiger charge is 2.17. The molecule has 0 atom stereocenters. The summed E-state index contributed by atoms with van der Waals surface area (Å²) in [5.41, 5.74) is 4.04. The van der Waals surface area contributed by atoms with Gasteiger partial charge in [-0.25, -0.2) is 0 Å². The van der Waals surface area contributed by atoms with Crippen molar-refractivity contribution >= 4 is 11.8 Å². The van der Waals surface area contributed by atoms with Crippen LogP contribution in [0.1, 0.15) is 16.7 Å². The second-order valence-corrected chi connectivity index (χ2v) is 5.19. The van der Waals surface area contributed by atoms with Gasteiger partial charge in [-0.05, 0) is 35.2 Å². The van der Waals surface area contributed by atoms with Crippen LogP contribution in [0.2, 0.25) is 0 Å². The van der Waals surface area contributed by atoms with Gasteiger partial charge < -0.3 is 0 Å². The van der Waals surface area contributed by atoms with Crippen LogP contribution in [-0.4, -0.2) is 0 Å². The van der Waals surface area contributed by atoms with Crippen molar-refractivity contribution in [1.29, 1.82) is 0 Å². The van der Waals surface area contributed by atoms with E-state index >= 15 is 0 Å². The minimum atomic E-state index is 0.933. The van der Waals surface area contributed by atoms with Gasteiger partial charge in [0.1, 0.15) is 0 Å². The predicted molar refractivity (Wildman–Crippen MR) is 73.4 cm³/mol. The molecule has 3 rings (SSSR count). The Balaban J connectivity index is 2.08. The van der Waals surface area contributed by atoms with Crippen LogP contribution < -0.4 is 0 Å². The van der Waals surface area contributed by atoms with Gasteiger partial charge in [0.05, 0.1) is 0 Å². The molecule has 0 aliphatic carbocycles. The van der Waals surface area contributed by atoms with Gasteiger partial charge in [-0.15, -0.1) is 6.58 Å². The molecular formula is C16H13S. The smallest absolute Gasteiger partial charge is 0.0225 e. The molecule has 0 bridgehead atoms. The van der Waals surface area contributed by atoms with Gasteiger partial charge in [-0.2, -0.15) is 0 Å². The lowest BCUT2D eigenvalue weighted by atomic mass is 9.97. The fraction of sp³-hybridized carbons (Fsp3) is 0.0625. The van der Waals surface area contributed by atoms with E-state index in [4.69, 9.17) is 0 Å². The van der Waals surface area contributed by atoms with Crippen molar-refractivity contribution in [1.82, 2.24) is 0 Å². The second-order valence-electron chi connectivity index (χ2n) is 4.11. The Kier molecular flexibility index (Phi) is 2.77. The largest absolute Gasteiger partial charge is 0.103 e. The molecule has 1 heterocycles. The van der Waals surface area contributed by atoms with Gasteiger partial charge in [-0.1, -0.05) is 48.2 Å². The lowest BCUT2D eigenvalue weighted by Crippen LogP contribution is -2.01. The maximum absolute atomic E-state index is 3.83. The number of rotatable bonds is 2. The van der Waals surface area contributed by atoms with Crippen LogP contribution in [0.25, 0.3) is 0 Å². The molecule has 0 aromatic heterocycles. The van der Waals surface area contributed by atoms with E-state index in [0.717, 1.165) is 6.42 Å². The maximum Gasteiger partial charge on any atom is 0.0225 e. The van der Waals surface area contributed by atoms with Gasteiger partial charge in [-0.3, -0.25) is 0 Å². The predicted octanol–water partition coefficient (Wildman–Crippen LogP) is 4.48. The van der Waals surface area contributed by atoms with Crippen LogP contribution in [0, 0.1) is 6.42 Å². The number of benzene rings is 2. The molecule has 0 unspecified atom stereocenters. The Morgan fingerprint density at radius 2 is 1.82 bits per heavy atom. The van der Waals surface area contributed by atoms with E-state index in [1.165, 1.54) is 26.5 Å². The highest BCUT2D eigenvalue weighted by molar-refractivity contribution is 7.99. The summed E-state index contributed by atoms with van der Waals surface area (Å²) in [5, 5.41) is 0. The first-order chi connectivity index (χ1) is 8.38. The lowest BCUT2D eigenvalue weighted by molar-refractivity contribution is 1.13. The van der Waals surface area contributed by atoms with E-state index in [1.54, 1.807) is 0 Å². The zero-order valence-corrected chi connectivity index (χ0v) is 10.3.